The molecule has 3 aromatic rings. The van der Waals surface area contributed by atoms with Crippen LogP contribution in [0.2, 0.25) is 0 Å². The van der Waals surface area contributed by atoms with Crippen molar-refractivity contribution in [2.45, 2.75) is 52.5 Å². The molecule has 7 heteroatoms. The predicted molar refractivity (Wildman–Crippen MR) is 147 cm³/mol. The number of piperidine rings is 1. The van der Waals surface area contributed by atoms with Gasteiger partial charge in [-0.2, -0.15) is 0 Å². The molecule has 38 heavy (non-hydrogen) atoms. The number of pyridine rings is 1. The van der Waals surface area contributed by atoms with Crippen LogP contribution in [0.5, 0.6) is 5.75 Å². The third-order valence-electron chi connectivity index (χ3n) is 8.34. The van der Waals surface area contributed by atoms with Gasteiger partial charge in [-0.15, -0.1) is 0 Å². The first-order valence-electron chi connectivity index (χ1n) is 13.7. The van der Waals surface area contributed by atoms with Gasteiger partial charge in [0.2, 0.25) is 5.91 Å². The zero-order chi connectivity index (χ0) is 26.5. The van der Waals surface area contributed by atoms with E-state index in [4.69, 9.17) is 4.74 Å². The number of ether oxygens (including phenoxy) is 1. The first kappa shape index (κ1) is 26.0. The van der Waals surface area contributed by atoms with E-state index in [2.05, 4.69) is 16.5 Å². The summed E-state index contributed by atoms with van der Waals surface area (Å²) < 4.78 is 7.94. The van der Waals surface area contributed by atoms with Gasteiger partial charge in [0.1, 0.15) is 5.75 Å². The Balaban J connectivity index is 1.11. The largest absolute Gasteiger partial charge is 0.494 e. The molecule has 0 radical (unpaired) electrons. The molecule has 4 heterocycles. The maximum atomic E-state index is 13.6. The zero-order valence-electron chi connectivity index (χ0n) is 22.6. The summed E-state index contributed by atoms with van der Waals surface area (Å²) in [5.41, 5.74) is 4.22. The number of nitrogens with zero attached hydrogens (tertiary/aromatic N) is 4. The standard InChI is InChI=1S/C31H38N4O3/c1-24-21-28(25(2)35(24)22-26-10-15-32-16-11-26)30(37)34-19-14-31(23-34)12-17-33(18-13-31)29(36)9-6-20-38-27-7-4-3-5-8-27/h3-5,7-8,10-11,15-16,21H,6,9,12-14,17-20,22-23H2,1-2H3. The van der Waals surface area contributed by atoms with Crippen molar-refractivity contribution >= 4 is 11.8 Å². The van der Waals surface area contributed by atoms with Crippen LogP contribution in [0.3, 0.4) is 0 Å². The second-order valence-electron chi connectivity index (χ2n) is 10.8. The highest BCUT2D eigenvalue weighted by Gasteiger charge is 2.43. The lowest BCUT2D eigenvalue weighted by Crippen LogP contribution is -2.44. The summed E-state index contributed by atoms with van der Waals surface area (Å²) in [6.45, 7) is 8.53. The molecular formula is C31H38N4O3. The van der Waals surface area contributed by atoms with E-state index in [1.807, 2.05) is 65.3 Å². The van der Waals surface area contributed by atoms with E-state index < -0.39 is 0 Å². The Morgan fingerprint density at radius 1 is 0.947 bits per heavy atom. The van der Waals surface area contributed by atoms with Crippen LogP contribution in [-0.4, -0.2) is 64.0 Å². The van der Waals surface area contributed by atoms with Gasteiger partial charge >= 0.3 is 0 Å². The van der Waals surface area contributed by atoms with Gasteiger partial charge in [-0.25, -0.2) is 0 Å². The quantitative estimate of drug-likeness (QED) is 0.403. The van der Waals surface area contributed by atoms with Crippen LogP contribution in [0.4, 0.5) is 0 Å². The molecule has 0 atom stereocenters. The number of hydrogen-bond donors (Lipinski definition) is 0. The van der Waals surface area contributed by atoms with Gasteiger partial charge in [0.15, 0.2) is 0 Å². The smallest absolute Gasteiger partial charge is 0.255 e. The summed E-state index contributed by atoms with van der Waals surface area (Å²) in [6, 6.07) is 15.8. The molecule has 0 N–H and O–H groups in total. The van der Waals surface area contributed by atoms with Crippen molar-refractivity contribution in [2.75, 3.05) is 32.8 Å². The predicted octanol–water partition coefficient (Wildman–Crippen LogP) is 4.86. The number of likely N-dealkylation sites (tertiary alicyclic amines) is 2. The van der Waals surface area contributed by atoms with E-state index in [0.717, 1.165) is 81.1 Å². The topological polar surface area (TPSA) is 67.7 Å². The number of rotatable bonds is 8. The molecule has 1 spiro atoms. The van der Waals surface area contributed by atoms with E-state index in [1.165, 1.54) is 5.56 Å². The molecule has 0 unspecified atom stereocenters. The summed E-state index contributed by atoms with van der Waals surface area (Å²) >= 11 is 0. The summed E-state index contributed by atoms with van der Waals surface area (Å²) in [5, 5.41) is 0. The van der Waals surface area contributed by atoms with Crippen molar-refractivity contribution in [1.82, 2.24) is 19.4 Å². The van der Waals surface area contributed by atoms with Crippen molar-refractivity contribution < 1.29 is 14.3 Å². The van der Waals surface area contributed by atoms with Gasteiger partial charge in [-0.05, 0) is 80.8 Å². The minimum atomic E-state index is 0.130. The second kappa shape index (κ2) is 11.4. The van der Waals surface area contributed by atoms with Gasteiger partial charge in [0.25, 0.3) is 5.91 Å². The Morgan fingerprint density at radius 2 is 1.63 bits per heavy atom. The highest BCUT2D eigenvalue weighted by atomic mass is 16.5. The Labute approximate surface area is 225 Å². The first-order chi connectivity index (χ1) is 18.4. The summed E-state index contributed by atoms with van der Waals surface area (Å²) in [7, 11) is 0. The third kappa shape index (κ3) is 5.77. The monoisotopic (exact) mass is 514 g/mol. The fourth-order valence-electron chi connectivity index (χ4n) is 5.94. The minimum absolute atomic E-state index is 0.130. The molecule has 2 fully saturated rings. The molecule has 1 aromatic carbocycles. The molecule has 2 amide bonds. The van der Waals surface area contributed by atoms with Crippen molar-refractivity contribution in [3.63, 3.8) is 0 Å². The van der Waals surface area contributed by atoms with Crippen LogP contribution in [-0.2, 0) is 11.3 Å². The van der Waals surface area contributed by atoms with Crippen LogP contribution in [0, 0.1) is 19.3 Å². The van der Waals surface area contributed by atoms with E-state index in [1.54, 1.807) is 12.4 Å². The number of amides is 2. The number of aromatic nitrogens is 2. The molecule has 2 aromatic heterocycles. The van der Waals surface area contributed by atoms with Crippen LogP contribution >= 0.6 is 0 Å². The fourth-order valence-corrected chi connectivity index (χ4v) is 5.94. The molecule has 2 aliphatic rings. The third-order valence-corrected chi connectivity index (χ3v) is 8.34. The molecule has 5 rings (SSSR count). The van der Waals surface area contributed by atoms with Crippen LogP contribution in [0.15, 0.2) is 60.9 Å². The van der Waals surface area contributed by atoms with E-state index in [-0.39, 0.29) is 17.2 Å². The van der Waals surface area contributed by atoms with Gasteiger partial charge in [0.05, 0.1) is 12.2 Å². The van der Waals surface area contributed by atoms with E-state index in [9.17, 15) is 9.59 Å². The van der Waals surface area contributed by atoms with Gasteiger partial charge in [-0.3, -0.25) is 14.6 Å². The average Bonchev–Trinajstić information content (AvgIpc) is 3.48. The highest BCUT2D eigenvalue weighted by molar-refractivity contribution is 5.96. The Morgan fingerprint density at radius 3 is 2.34 bits per heavy atom. The maximum absolute atomic E-state index is 13.6. The second-order valence-corrected chi connectivity index (χ2v) is 10.8. The minimum Gasteiger partial charge on any atom is -0.494 e. The molecule has 200 valence electrons. The lowest BCUT2D eigenvalue weighted by atomic mass is 9.77. The molecule has 2 aliphatic heterocycles. The van der Waals surface area contributed by atoms with Crippen molar-refractivity contribution in [1.29, 1.82) is 0 Å². The maximum Gasteiger partial charge on any atom is 0.255 e. The molecular weight excluding hydrogens is 476 g/mol. The molecule has 2 saturated heterocycles. The summed E-state index contributed by atoms with van der Waals surface area (Å²) in [5.74, 6) is 1.19. The lowest BCUT2D eigenvalue weighted by molar-refractivity contribution is -0.133. The van der Waals surface area contributed by atoms with Crippen LogP contribution in [0.25, 0.3) is 0 Å². The summed E-state index contributed by atoms with van der Waals surface area (Å²) in [4.78, 5) is 34.5. The summed E-state index contributed by atoms with van der Waals surface area (Å²) in [6.07, 6.45) is 7.78. The Kier molecular flexibility index (Phi) is 7.82. The van der Waals surface area contributed by atoms with Crippen LogP contribution < -0.4 is 4.74 Å². The molecule has 0 aliphatic carbocycles. The highest BCUT2D eigenvalue weighted by Crippen LogP contribution is 2.41. The average molecular weight is 515 g/mol. The van der Waals surface area contributed by atoms with Crippen molar-refractivity contribution in [3.8, 4) is 5.75 Å². The Bertz CT molecular complexity index is 1250. The number of carbonyl (C=O) groups excluding carboxylic acids is 2. The van der Waals surface area contributed by atoms with Gasteiger partial charge in [0, 0.05) is 62.9 Å². The number of aryl methyl sites for hydroxylation is 1. The normalized spacial score (nSPS) is 16.7. The van der Waals surface area contributed by atoms with Crippen molar-refractivity contribution in [2.24, 2.45) is 5.41 Å². The number of benzene rings is 1. The lowest BCUT2D eigenvalue weighted by Gasteiger charge is -2.39. The van der Waals surface area contributed by atoms with E-state index in [0.29, 0.717) is 13.0 Å². The van der Waals surface area contributed by atoms with Crippen LogP contribution in [0.1, 0.15) is 59.4 Å². The number of carbonyl (C=O) groups is 2. The number of para-hydroxylation sites is 1. The first-order valence-corrected chi connectivity index (χ1v) is 13.7. The van der Waals surface area contributed by atoms with Crippen molar-refractivity contribution in [3.05, 3.63) is 83.4 Å². The molecule has 0 saturated carbocycles. The van der Waals surface area contributed by atoms with E-state index >= 15 is 0 Å². The fraction of sp³-hybridized carbons (Fsp3) is 0.452. The number of hydrogen-bond acceptors (Lipinski definition) is 4. The van der Waals surface area contributed by atoms with Gasteiger partial charge < -0.3 is 19.1 Å². The van der Waals surface area contributed by atoms with Gasteiger partial charge in [-0.1, -0.05) is 18.2 Å². The Hall–Kier alpha value is -3.61. The molecule has 0 bridgehead atoms. The SMILES string of the molecule is Cc1cc(C(=O)N2CCC3(CCN(C(=O)CCCOc4ccccc4)CC3)C2)c(C)n1Cc1ccncc1. The zero-order valence-corrected chi connectivity index (χ0v) is 22.6. The molecule has 7 nitrogen and oxygen atoms in total.